The molecule has 0 fully saturated rings. The highest BCUT2D eigenvalue weighted by atomic mass is 15.3. The molecule has 0 atom stereocenters. The Bertz CT molecular complexity index is 704. The van der Waals surface area contributed by atoms with E-state index >= 15 is 0 Å². The molecule has 0 saturated carbocycles. The molecule has 1 N–H and O–H groups in total. The van der Waals surface area contributed by atoms with Crippen LogP contribution in [0.15, 0.2) is 60.1 Å². The van der Waals surface area contributed by atoms with Crippen LogP contribution in [0, 0.1) is 0 Å². The summed E-state index contributed by atoms with van der Waals surface area (Å²) in [4.78, 5) is 4.01. The Morgan fingerprint density at radius 1 is 1.05 bits per heavy atom. The van der Waals surface area contributed by atoms with Crippen molar-refractivity contribution in [3.8, 4) is 0 Å². The van der Waals surface area contributed by atoms with Crippen LogP contribution in [0.25, 0.3) is 10.8 Å². The molecule has 1 aromatic carbocycles. The summed E-state index contributed by atoms with van der Waals surface area (Å²) >= 11 is 0. The van der Waals surface area contributed by atoms with Crippen LogP contribution in [-0.2, 0) is 0 Å². The van der Waals surface area contributed by atoms with Crippen LogP contribution in [0.5, 0.6) is 0 Å². The Labute approximate surface area is 110 Å². The summed E-state index contributed by atoms with van der Waals surface area (Å²) in [6.45, 7) is 0. The SMILES string of the molecule is C(=N\Nc1nncc2ccccc12)/c1cccnc1. The van der Waals surface area contributed by atoms with Gasteiger partial charge in [0.05, 0.1) is 12.4 Å². The van der Waals surface area contributed by atoms with Crippen LogP contribution < -0.4 is 5.43 Å². The van der Waals surface area contributed by atoms with Gasteiger partial charge in [-0.15, -0.1) is 5.10 Å². The number of aromatic nitrogens is 3. The predicted octanol–water partition coefficient (Wildman–Crippen LogP) is 2.47. The minimum Gasteiger partial charge on any atom is -0.264 e. The Morgan fingerprint density at radius 3 is 2.89 bits per heavy atom. The maximum atomic E-state index is 4.14. The summed E-state index contributed by atoms with van der Waals surface area (Å²) in [5.74, 6) is 0.637. The van der Waals surface area contributed by atoms with Gasteiger partial charge in [0.1, 0.15) is 0 Å². The lowest BCUT2D eigenvalue weighted by Crippen LogP contribution is -1.96. The second-order valence-electron chi connectivity index (χ2n) is 3.94. The molecule has 0 saturated heterocycles. The molecule has 3 rings (SSSR count). The molecule has 3 aromatic rings. The van der Waals surface area contributed by atoms with E-state index in [1.165, 1.54) is 0 Å². The summed E-state index contributed by atoms with van der Waals surface area (Å²) in [6, 6.07) is 11.7. The highest BCUT2D eigenvalue weighted by molar-refractivity contribution is 5.91. The van der Waals surface area contributed by atoms with Gasteiger partial charge in [-0.3, -0.25) is 10.4 Å². The van der Waals surface area contributed by atoms with Crippen molar-refractivity contribution in [1.82, 2.24) is 15.2 Å². The molecule has 19 heavy (non-hydrogen) atoms. The Kier molecular flexibility index (Phi) is 3.10. The van der Waals surface area contributed by atoms with Gasteiger partial charge in [-0.1, -0.05) is 30.3 Å². The fraction of sp³-hybridized carbons (Fsp3) is 0. The summed E-state index contributed by atoms with van der Waals surface area (Å²) in [7, 11) is 0. The molecular weight excluding hydrogens is 238 g/mol. The molecule has 2 aromatic heterocycles. The third-order valence-corrected chi connectivity index (χ3v) is 2.64. The van der Waals surface area contributed by atoms with E-state index in [1.54, 1.807) is 24.8 Å². The quantitative estimate of drug-likeness (QED) is 0.572. The average molecular weight is 249 g/mol. The molecule has 5 nitrogen and oxygen atoms in total. The number of rotatable bonds is 3. The highest BCUT2D eigenvalue weighted by Gasteiger charge is 2.00. The first kappa shape index (κ1) is 11.3. The second kappa shape index (κ2) is 5.22. The lowest BCUT2D eigenvalue weighted by molar-refractivity contribution is 1.04. The Morgan fingerprint density at radius 2 is 2.00 bits per heavy atom. The van der Waals surface area contributed by atoms with Gasteiger partial charge in [0.15, 0.2) is 5.82 Å². The minimum atomic E-state index is 0.637. The fourth-order valence-corrected chi connectivity index (χ4v) is 1.73. The lowest BCUT2D eigenvalue weighted by Gasteiger charge is -2.02. The minimum absolute atomic E-state index is 0.637. The summed E-state index contributed by atoms with van der Waals surface area (Å²) in [5.41, 5.74) is 3.82. The van der Waals surface area contributed by atoms with E-state index in [1.807, 2.05) is 36.4 Å². The first-order chi connectivity index (χ1) is 9.43. The molecule has 0 aliphatic rings. The standard InChI is InChI=1S/C14H11N5/c1-2-6-13-12(5-1)10-17-19-14(13)18-16-9-11-4-3-7-15-8-11/h1-10H,(H,18,19)/b16-9+. The summed E-state index contributed by atoms with van der Waals surface area (Å²) < 4.78 is 0. The van der Waals surface area contributed by atoms with Crippen LogP contribution in [0.1, 0.15) is 5.56 Å². The van der Waals surface area contributed by atoms with Crippen molar-refractivity contribution in [2.75, 3.05) is 5.43 Å². The zero-order valence-electron chi connectivity index (χ0n) is 10.1. The number of anilines is 1. The maximum Gasteiger partial charge on any atom is 0.176 e. The van der Waals surface area contributed by atoms with E-state index < -0.39 is 0 Å². The molecule has 0 bridgehead atoms. The smallest absolute Gasteiger partial charge is 0.176 e. The molecule has 92 valence electrons. The Hall–Kier alpha value is -2.82. The second-order valence-corrected chi connectivity index (χ2v) is 3.94. The van der Waals surface area contributed by atoms with Crippen LogP contribution in [0.2, 0.25) is 0 Å². The van der Waals surface area contributed by atoms with Gasteiger partial charge in [-0.05, 0) is 6.07 Å². The number of fused-ring (bicyclic) bond motifs is 1. The van der Waals surface area contributed by atoms with E-state index in [-0.39, 0.29) is 0 Å². The van der Waals surface area contributed by atoms with Crippen molar-refractivity contribution in [3.05, 3.63) is 60.6 Å². The van der Waals surface area contributed by atoms with Crippen LogP contribution in [-0.4, -0.2) is 21.4 Å². The topological polar surface area (TPSA) is 63.1 Å². The number of hydrogen-bond donors (Lipinski definition) is 1. The molecule has 5 heteroatoms. The van der Waals surface area contributed by atoms with Crippen LogP contribution >= 0.6 is 0 Å². The normalized spacial score (nSPS) is 10.9. The number of hydrogen-bond acceptors (Lipinski definition) is 5. The zero-order valence-corrected chi connectivity index (χ0v) is 10.1. The van der Waals surface area contributed by atoms with Gasteiger partial charge in [0.25, 0.3) is 0 Å². The van der Waals surface area contributed by atoms with Crippen LogP contribution in [0.4, 0.5) is 5.82 Å². The van der Waals surface area contributed by atoms with Crippen molar-refractivity contribution in [3.63, 3.8) is 0 Å². The number of pyridine rings is 1. The fourth-order valence-electron chi connectivity index (χ4n) is 1.73. The van der Waals surface area contributed by atoms with Crippen LogP contribution in [0.3, 0.4) is 0 Å². The largest absolute Gasteiger partial charge is 0.264 e. The van der Waals surface area contributed by atoms with Gasteiger partial charge in [-0.25, -0.2) is 0 Å². The molecule has 0 amide bonds. The molecule has 0 aliphatic heterocycles. The van der Waals surface area contributed by atoms with E-state index in [2.05, 4.69) is 25.7 Å². The van der Waals surface area contributed by atoms with E-state index in [0.717, 1.165) is 16.3 Å². The van der Waals surface area contributed by atoms with Gasteiger partial charge in [-0.2, -0.15) is 10.2 Å². The highest BCUT2D eigenvalue weighted by Crippen LogP contribution is 2.18. The summed E-state index contributed by atoms with van der Waals surface area (Å²) in [6.07, 6.45) is 6.88. The molecule has 0 radical (unpaired) electrons. The van der Waals surface area contributed by atoms with Gasteiger partial charge in [0.2, 0.25) is 0 Å². The molecule has 2 heterocycles. The van der Waals surface area contributed by atoms with Crippen molar-refractivity contribution in [2.45, 2.75) is 0 Å². The monoisotopic (exact) mass is 249 g/mol. The van der Waals surface area contributed by atoms with E-state index in [4.69, 9.17) is 0 Å². The van der Waals surface area contributed by atoms with E-state index in [0.29, 0.717) is 5.82 Å². The third kappa shape index (κ3) is 2.55. The summed E-state index contributed by atoms with van der Waals surface area (Å²) in [5, 5.41) is 14.1. The van der Waals surface area contributed by atoms with Gasteiger partial charge >= 0.3 is 0 Å². The van der Waals surface area contributed by atoms with Crippen molar-refractivity contribution in [2.24, 2.45) is 5.10 Å². The first-order valence-electron chi connectivity index (χ1n) is 5.83. The molecule has 0 unspecified atom stereocenters. The Balaban J connectivity index is 1.84. The molecular formula is C14H11N5. The van der Waals surface area contributed by atoms with E-state index in [9.17, 15) is 0 Å². The van der Waals surface area contributed by atoms with Crippen molar-refractivity contribution < 1.29 is 0 Å². The zero-order chi connectivity index (χ0) is 12.9. The number of nitrogens with zero attached hydrogens (tertiary/aromatic N) is 4. The predicted molar refractivity (Wildman–Crippen MR) is 75.0 cm³/mol. The molecule has 0 spiro atoms. The van der Waals surface area contributed by atoms with Crippen molar-refractivity contribution >= 4 is 22.8 Å². The number of nitrogens with one attached hydrogen (secondary N) is 1. The molecule has 0 aliphatic carbocycles. The van der Waals surface area contributed by atoms with Crippen molar-refractivity contribution in [1.29, 1.82) is 0 Å². The first-order valence-corrected chi connectivity index (χ1v) is 5.83. The maximum absolute atomic E-state index is 4.14. The van der Waals surface area contributed by atoms with Gasteiger partial charge < -0.3 is 0 Å². The van der Waals surface area contributed by atoms with Gasteiger partial charge in [0, 0.05) is 28.7 Å². The number of hydrazone groups is 1. The third-order valence-electron chi connectivity index (χ3n) is 2.64. The number of benzene rings is 1. The average Bonchev–Trinajstić information content (AvgIpc) is 2.49. The lowest BCUT2D eigenvalue weighted by atomic mass is 10.2.